The van der Waals surface area contributed by atoms with Crippen LogP contribution in [0.1, 0.15) is 29.3 Å². The number of rotatable bonds is 3. The van der Waals surface area contributed by atoms with E-state index in [1.807, 2.05) is 23.6 Å². The van der Waals surface area contributed by atoms with Crippen LogP contribution in [0.5, 0.6) is 0 Å². The number of hydrogen-bond donors (Lipinski definition) is 1. The van der Waals surface area contributed by atoms with Gasteiger partial charge >= 0.3 is 0 Å². The van der Waals surface area contributed by atoms with Gasteiger partial charge in [0.05, 0.1) is 0 Å². The van der Waals surface area contributed by atoms with E-state index in [4.69, 9.17) is 17.0 Å². The second-order valence-electron chi connectivity index (χ2n) is 4.86. The molecule has 1 aromatic carbocycles. The molecule has 0 saturated heterocycles. The quantitative estimate of drug-likeness (QED) is 0.753. The highest BCUT2D eigenvalue weighted by Gasteiger charge is 2.20. The van der Waals surface area contributed by atoms with E-state index in [2.05, 4.69) is 17.1 Å². The van der Waals surface area contributed by atoms with E-state index in [0.717, 1.165) is 17.7 Å². The lowest BCUT2D eigenvalue weighted by Crippen LogP contribution is -2.27. The predicted octanol–water partition coefficient (Wildman–Crippen LogP) is 2.39. The van der Waals surface area contributed by atoms with Crippen molar-refractivity contribution in [3.8, 4) is 0 Å². The van der Waals surface area contributed by atoms with E-state index in [1.54, 1.807) is 0 Å². The van der Waals surface area contributed by atoms with Gasteiger partial charge in [0.2, 0.25) is 0 Å². The number of aromatic nitrogens is 2. The fourth-order valence-electron chi connectivity index (χ4n) is 2.63. The summed E-state index contributed by atoms with van der Waals surface area (Å²) in [5.41, 5.74) is 4.17. The Kier molecular flexibility index (Phi) is 3.54. The lowest BCUT2D eigenvalue weighted by Gasteiger charge is -2.23. The van der Waals surface area contributed by atoms with Crippen LogP contribution < -0.4 is 5.56 Å². The van der Waals surface area contributed by atoms with Crippen LogP contribution in [0, 0.1) is 4.77 Å². The first kappa shape index (κ1) is 13.3. The summed E-state index contributed by atoms with van der Waals surface area (Å²) in [5, 5.41) is 0. The second kappa shape index (κ2) is 5.34. The molecule has 5 heteroatoms. The molecule has 1 N–H and O–H groups in total. The molecule has 1 aliphatic carbocycles. The fourth-order valence-corrected chi connectivity index (χ4v) is 2.89. The van der Waals surface area contributed by atoms with Gasteiger partial charge in [-0.25, -0.2) is 0 Å². The van der Waals surface area contributed by atoms with E-state index in [0.29, 0.717) is 24.5 Å². The Morgan fingerprint density at radius 3 is 2.70 bits per heavy atom. The van der Waals surface area contributed by atoms with Crippen LogP contribution in [0.4, 0.5) is 0 Å². The van der Waals surface area contributed by atoms with Gasteiger partial charge in [0, 0.05) is 30.7 Å². The van der Waals surface area contributed by atoms with Crippen molar-refractivity contribution in [1.82, 2.24) is 9.55 Å². The third kappa shape index (κ3) is 2.23. The molecule has 0 fully saturated rings. The molecule has 20 heavy (non-hydrogen) atoms. The molecule has 0 aliphatic heterocycles. The zero-order valence-corrected chi connectivity index (χ0v) is 12.1. The molecule has 0 spiro atoms. The topological polar surface area (TPSA) is 47.0 Å². The molecular formula is C15H16N2O2S. The van der Waals surface area contributed by atoms with Crippen LogP contribution in [-0.4, -0.2) is 16.2 Å². The van der Waals surface area contributed by atoms with Crippen molar-refractivity contribution < 1.29 is 4.74 Å². The maximum absolute atomic E-state index is 12.1. The van der Waals surface area contributed by atoms with Crippen molar-refractivity contribution in [3.63, 3.8) is 0 Å². The maximum Gasteiger partial charge on any atom is 0.255 e. The second-order valence-corrected chi connectivity index (χ2v) is 5.24. The summed E-state index contributed by atoms with van der Waals surface area (Å²) in [6.07, 6.45) is 1.38. The van der Waals surface area contributed by atoms with Gasteiger partial charge in [-0.3, -0.25) is 14.3 Å². The Balaban J connectivity index is 2.14. The van der Waals surface area contributed by atoms with Crippen LogP contribution in [-0.2, 0) is 24.3 Å². The molecule has 0 unspecified atom stereocenters. The van der Waals surface area contributed by atoms with E-state index in [-0.39, 0.29) is 5.56 Å². The van der Waals surface area contributed by atoms with Crippen LogP contribution in [0.15, 0.2) is 29.1 Å². The van der Waals surface area contributed by atoms with E-state index in [9.17, 15) is 4.79 Å². The van der Waals surface area contributed by atoms with E-state index < -0.39 is 0 Å². The summed E-state index contributed by atoms with van der Waals surface area (Å²) in [7, 11) is 0. The molecule has 4 nitrogen and oxygen atoms in total. The minimum atomic E-state index is -0.0766. The van der Waals surface area contributed by atoms with E-state index >= 15 is 0 Å². The number of H-pyrrole nitrogens is 1. The molecule has 0 radical (unpaired) electrons. The number of hydrogen-bond acceptors (Lipinski definition) is 3. The third-order valence-corrected chi connectivity index (χ3v) is 4.00. The monoisotopic (exact) mass is 288 g/mol. The van der Waals surface area contributed by atoms with Crippen molar-refractivity contribution in [3.05, 3.63) is 61.8 Å². The first-order valence-corrected chi connectivity index (χ1v) is 7.11. The standard InChI is InChI=1S/C15H16N2O2S/c1-2-19-9-17-13-8-11-6-4-3-5-10(11)7-12(13)14(18)16-15(17)20/h3-6H,2,7-9H2,1H3,(H,16,18,20). The first-order chi connectivity index (χ1) is 9.70. The number of nitrogens with one attached hydrogen (secondary N) is 1. The van der Waals surface area contributed by atoms with Crippen molar-refractivity contribution in [1.29, 1.82) is 0 Å². The van der Waals surface area contributed by atoms with Gasteiger partial charge in [0.15, 0.2) is 4.77 Å². The van der Waals surface area contributed by atoms with Gasteiger partial charge in [-0.05, 0) is 30.3 Å². The minimum Gasteiger partial charge on any atom is -0.361 e. The highest BCUT2D eigenvalue weighted by atomic mass is 32.1. The maximum atomic E-state index is 12.1. The summed E-state index contributed by atoms with van der Waals surface area (Å²) in [4.78, 5) is 14.9. The molecule has 0 amide bonds. The van der Waals surface area contributed by atoms with Gasteiger partial charge in [-0.2, -0.15) is 0 Å². The normalized spacial score (nSPS) is 12.8. The number of aromatic amines is 1. The zero-order chi connectivity index (χ0) is 14.1. The summed E-state index contributed by atoms with van der Waals surface area (Å²) in [6.45, 7) is 2.94. The lowest BCUT2D eigenvalue weighted by atomic mass is 9.89. The molecule has 0 atom stereocenters. The Morgan fingerprint density at radius 1 is 1.30 bits per heavy atom. The van der Waals surface area contributed by atoms with Crippen molar-refractivity contribution in [2.75, 3.05) is 6.61 Å². The molecule has 104 valence electrons. The third-order valence-electron chi connectivity index (χ3n) is 3.68. The Hall–Kier alpha value is -1.72. The summed E-state index contributed by atoms with van der Waals surface area (Å²) >= 11 is 5.26. The molecule has 1 aromatic heterocycles. The smallest absolute Gasteiger partial charge is 0.255 e. The SMILES string of the molecule is CCOCn1c2c(c(=O)[nH]c1=S)Cc1ccccc1C2. The molecule has 2 aromatic rings. The average Bonchev–Trinajstić information content (AvgIpc) is 2.45. The summed E-state index contributed by atoms with van der Waals surface area (Å²) in [5.74, 6) is 0. The molecular weight excluding hydrogens is 272 g/mol. The number of benzene rings is 1. The molecule has 1 heterocycles. The molecule has 3 rings (SSSR count). The van der Waals surface area contributed by atoms with Crippen molar-refractivity contribution in [2.45, 2.75) is 26.5 Å². The van der Waals surface area contributed by atoms with Gasteiger partial charge < -0.3 is 4.74 Å². The van der Waals surface area contributed by atoms with Crippen LogP contribution in [0.2, 0.25) is 0 Å². The van der Waals surface area contributed by atoms with Crippen molar-refractivity contribution in [2.24, 2.45) is 0 Å². The number of fused-ring (bicyclic) bond motifs is 2. The van der Waals surface area contributed by atoms with E-state index in [1.165, 1.54) is 11.1 Å². The summed E-state index contributed by atoms with van der Waals surface area (Å²) in [6, 6.07) is 8.21. The Bertz CT molecular complexity index is 761. The zero-order valence-electron chi connectivity index (χ0n) is 11.3. The highest BCUT2D eigenvalue weighted by molar-refractivity contribution is 7.71. The Morgan fingerprint density at radius 2 is 2.00 bits per heavy atom. The van der Waals surface area contributed by atoms with Crippen LogP contribution in [0.25, 0.3) is 0 Å². The first-order valence-electron chi connectivity index (χ1n) is 6.70. The largest absolute Gasteiger partial charge is 0.361 e. The average molecular weight is 288 g/mol. The Labute approximate surface area is 122 Å². The lowest BCUT2D eigenvalue weighted by molar-refractivity contribution is 0.0835. The fraction of sp³-hybridized carbons (Fsp3) is 0.333. The van der Waals surface area contributed by atoms with Gasteiger partial charge in [-0.15, -0.1) is 0 Å². The molecule has 0 saturated carbocycles. The van der Waals surface area contributed by atoms with Gasteiger partial charge in [-0.1, -0.05) is 24.3 Å². The number of nitrogens with zero attached hydrogens (tertiary/aromatic N) is 1. The molecule has 0 bridgehead atoms. The minimum absolute atomic E-state index is 0.0766. The van der Waals surface area contributed by atoms with Gasteiger partial charge in [0.25, 0.3) is 5.56 Å². The highest BCUT2D eigenvalue weighted by Crippen LogP contribution is 2.24. The van der Waals surface area contributed by atoms with Crippen molar-refractivity contribution >= 4 is 12.2 Å². The van der Waals surface area contributed by atoms with Crippen LogP contribution in [0.3, 0.4) is 0 Å². The number of ether oxygens (including phenoxy) is 1. The van der Waals surface area contributed by atoms with Crippen LogP contribution >= 0.6 is 12.2 Å². The predicted molar refractivity (Wildman–Crippen MR) is 79.6 cm³/mol. The van der Waals surface area contributed by atoms with Gasteiger partial charge in [0.1, 0.15) is 6.73 Å². The molecule has 1 aliphatic rings. The summed E-state index contributed by atoms with van der Waals surface area (Å²) < 4.78 is 7.79.